The summed E-state index contributed by atoms with van der Waals surface area (Å²) in [7, 11) is 0. The SMILES string of the molecule is CCSCC(=O)Cc1ccc(C(F)(F)F)cc1. The van der Waals surface area contributed by atoms with Crippen LogP contribution in [-0.4, -0.2) is 17.3 Å². The molecule has 94 valence electrons. The average Bonchev–Trinajstić information content (AvgIpc) is 2.26. The van der Waals surface area contributed by atoms with E-state index >= 15 is 0 Å². The maximum Gasteiger partial charge on any atom is 0.416 e. The first kappa shape index (κ1) is 14.1. The molecule has 0 saturated carbocycles. The van der Waals surface area contributed by atoms with Gasteiger partial charge in [-0.3, -0.25) is 4.79 Å². The van der Waals surface area contributed by atoms with Crippen LogP contribution in [0.3, 0.4) is 0 Å². The van der Waals surface area contributed by atoms with Crippen molar-refractivity contribution in [3.05, 3.63) is 35.4 Å². The minimum atomic E-state index is -4.32. The maximum absolute atomic E-state index is 12.3. The van der Waals surface area contributed by atoms with Crippen molar-refractivity contribution in [2.45, 2.75) is 19.5 Å². The molecule has 0 radical (unpaired) electrons. The molecule has 0 fully saturated rings. The van der Waals surface area contributed by atoms with Gasteiger partial charge in [0.25, 0.3) is 0 Å². The Hall–Kier alpha value is -0.970. The molecule has 0 amide bonds. The molecule has 0 aliphatic rings. The fraction of sp³-hybridized carbons (Fsp3) is 0.417. The van der Waals surface area contributed by atoms with Gasteiger partial charge in [-0.1, -0.05) is 19.1 Å². The van der Waals surface area contributed by atoms with Crippen LogP contribution in [0, 0.1) is 0 Å². The summed E-state index contributed by atoms with van der Waals surface area (Å²) in [6.45, 7) is 1.95. The Morgan fingerprint density at radius 2 is 1.82 bits per heavy atom. The predicted molar refractivity (Wildman–Crippen MR) is 63.2 cm³/mol. The maximum atomic E-state index is 12.3. The van der Waals surface area contributed by atoms with Crippen molar-refractivity contribution in [3.63, 3.8) is 0 Å². The molecule has 0 unspecified atom stereocenters. The molecule has 0 heterocycles. The smallest absolute Gasteiger partial charge is 0.298 e. The number of halogens is 3. The van der Waals surface area contributed by atoms with Gasteiger partial charge in [0, 0.05) is 6.42 Å². The minimum Gasteiger partial charge on any atom is -0.298 e. The molecule has 1 aromatic rings. The molecule has 1 rings (SSSR count). The highest BCUT2D eigenvalue weighted by atomic mass is 32.2. The van der Waals surface area contributed by atoms with Gasteiger partial charge >= 0.3 is 6.18 Å². The third-order valence-corrected chi connectivity index (χ3v) is 3.08. The van der Waals surface area contributed by atoms with Crippen LogP contribution in [0.5, 0.6) is 0 Å². The van der Waals surface area contributed by atoms with Crippen molar-refractivity contribution in [2.24, 2.45) is 0 Å². The van der Waals surface area contributed by atoms with Crippen molar-refractivity contribution in [1.82, 2.24) is 0 Å². The Balaban J connectivity index is 2.60. The predicted octanol–water partition coefficient (Wildman–Crippen LogP) is 3.57. The zero-order chi connectivity index (χ0) is 12.9. The van der Waals surface area contributed by atoms with Gasteiger partial charge in [-0.05, 0) is 23.4 Å². The van der Waals surface area contributed by atoms with Crippen LogP contribution in [0.1, 0.15) is 18.1 Å². The summed E-state index contributed by atoms with van der Waals surface area (Å²) in [6.07, 6.45) is -4.12. The third kappa shape index (κ3) is 4.81. The Kier molecular flexibility index (Phi) is 5.05. The van der Waals surface area contributed by atoms with E-state index in [4.69, 9.17) is 0 Å². The number of carbonyl (C=O) groups excluding carboxylic acids is 1. The molecule has 0 atom stereocenters. The molecule has 0 saturated heterocycles. The Morgan fingerprint density at radius 3 is 2.29 bits per heavy atom. The van der Waals surface area contributed by atoms with Gasteiger partial charge in [-0.25, -0.2) is 0 Å². The third-order valence-electron chi connectivity index (χ3n) is 2.15. The van der Waals surface area contributed by atoms with Crippen LogP contribution in [0.4, 0.5) is 13.2 Å². The van der Waals surface area contributed by atoms with Gasteiger partial charge in [0.05, 0.1) is 11.3 Å². The van der Waals surface area contributed by atoms with E-state index in [1.807, 2.05) is 6.92 Å². The van der Waals surface area contributed by atoms with Crippen LogP contribution < -0.4 is 0 Å². The number of Topliss-reactive ketones (excluding diaryl/α,β-unsaturated/α-hetero) is 1. The first-order chi connectivity index (χ1) is 7.93. The summed E-state index contributed by atoms with van der Waals surface area (Å²) >= 11 is 1.51. The molecule has 0 N–H and O–H groups in total. The van der Waals surface area contributed by atoms with Crippen molar-refractivity contribution in [3.8, 4) is 0 Å². The molecule has 0 aromatic heterocycles. The lowest BCUT2D eigenvalue weighted by atomic mass is 10.1. The lowest BCUT2D eigenvalue weighted by Gasteiger charge is -2.07. The normalized spacial score (nSPS) is 11.5. The van der Waals surface area contributed by atoms with Crippen LogP contribution >= 0.6 is 11.8 Å². The van der Waals surface area contributed by atoms with E-state index in [-0.39, 0.29) is 12.2 Å². The summed E-state index contributed by atoms with van der Waals surface area (Å²) < 4.78 is 36.8. The zero-order valence-corrected chi connectivity index (χ0v) is 10.2. The summed E-state index contributed by atoms with van der Waals surface area (Å²) in [6, 6.07) is 4.74. The minimum absolute atomic E-state index is 0.0385. The number of benzene rings is 1. The molecule has 5 heteroatoms. The highest BCUT2D eigenvalue weighted by Crippen LogP contribution is 2.29. The van der Waals surface area contributed by atoms with E-state index in [2.05, 4.69) is 0 Å². The molecule has 1 nitrogen and oxygen atoms in total. The highest BCUT2D eigenvalue weighted by Gasteiger charge is 2.29. The number of rotatable bonds is 5. The Morgan fingerprint density at radius 1 is 1.24 bits per heavy atom. The number of alkyl halides is 3. The summed E-state index contributed by atoms with van der Waals surface area (Å²) in [5.74, 6) is 1.31. The number of hydrogen-bond acceptors (Lipinski definition) is 2. The summed E-state index contributed by atoms with van der Waals surface area (Å²) in [5, 5.41) is 0. The fourth-order valence-corrected chi connectivity index (χ4v) is 1.84. The van der Waals surface area contributed by atoms with Crippen LogP contribution in [0.15, 0.2) is 24.3 Å². The van der Waals surface area contributed by atoms with Crippen LogP contribution in [0.2, 0.25) is 0 Å². The first-order valence-electron chi connectivity index (χ1n) is 5.19. The molecular weight excluding hydrogens is 249 g/mol. The molecular formula is C12H13F3OS. The molecule has 17 heavy (non-hydrogen) atoms. The highest BCUT2D eigenvalue weighted by molar-refractivity contribution is 7.99. The zero-order valence-electron chi connectivity index (χ0n) is 9.38. The topological polar surface area (TPSA) is 17.1 Å². The van der Waals surface area contributed by atoms with E-state index in [0.717, 1.165) is 17.9 Å². The first-order valence-corrected chi connectivity index (χ1v) is 6.34. The van der Waals surface area contributed by atoms with E-state index in [9.17, 15) is 18.0 Å². The molecule has 0 bridgehead atoms. The summed E-state index contributed by atoms with van der Waals surface area (Å²) in [5.41, 5.74) is -0.0589. The number of hydrogen-bond donors (Lipinski definition) is 0. The second-order valence-electron chi connectivity index (χ2n) is 3.55. The number of thioether (sulfide) groups is 1. The van der Waals surface area contributed by atoms with Gasteiger partial charge in [-0.2, -0.15) is 24.9 Å². The van der Waals surface area contributed by atoms with Gasteiger partial charge in [-0.15, -0.1) is 0 Å². The quantitative estimate of drug-likeness (QED) is 0.807. The Bertz CT molecular complexity index is 370. The average molecular weight is 262 g/mol. The van der Waals surface area contributed by atoms with Gasteiger partial charge in [0.2, 0.25) is 0 Å². The lowest BCUT2D eigenvalue weighted by Crippen LogP contribution is -2.08. The monoisotopic (exact) mass is 262 g/mol. The number of carbonyl (C=O) groups is 1. The van der Waals surface area contributed by atoms with E-state index in [1.54, 1.807) is 0 Å². The molecule has 1 aromatic carbocycles. The van der Waals surface area contributed by atoms with Crippen molar-refractivity contribution < 1.29 is 18.0 Å². The van der Waals surface area contributed by atoms with Crippen molar-refractivity contribution in [2.75, 3.05) is 11.5 Å². The number of ketones is 1. The second-order valence-corrected chi connectivity index (χ2v) is 4.82. The molecule has 0 aliphatic heterocycles. The van der Waals surface area contributed by atoms with Crippen molar-refractivity contribution in [1.29, 1.82) is 0 Å². The standard InChI is InChI=1S/C12H13F3OS/c1-2-17-8-11(16)7-9-3-5-10(6-4-9)12(13,14)15/h3-6H,2,7-8H2,1H3. The fourth-order valence-electron chi connectivity index (χ4n) is 1.31. The van der Waals surface area contributed by atoms with Crippen LogP contribution in [-0.2, 0) is 17.4 Å². The van der Waals surface area contributed by atoms with Gasteiger partial charge in [0.15, 0.2) is 0 Å². The Labute approximate surface area is 102 Å². The van der Waals surface area contributed by atoms with Crippen LogP contribution in [0.25, 0.3) is 0 Å². The van der Waals surface area contributed by atoms with Gasteiger partial charge in [0.1, 0.15) is 5.78 Å². The van der Waals surface area contributed by atoms with E-state index < -0.39 is 11.7 Å². The van der Waals surface area contributed by atoms with E-state index in [0.29, 0.717) is 11.3 Å². The molecule has 0 spiro atoms. The lowest BCUT2D eigenvalue weighted by molar-refractivity contribution is -0.137. The van der Waals surface area contributed by atoms with Crippen molar-refractivity contribution >= 4 is 17.5 Å². The largest absolute Gasteiger partial charge is 0.416 e. The van der Waals surface area contributed by atoms with E-state index in [1.165, 1.54) is 23.9 Å². The molecule has 0 aliphatic carbocycles. The second kappa shape index (κ2) is 6.10. The van der Waals surface area contributed by atoms with Gasteiger partial charge < -0.3 is 0 Å². The summed E-state index contributed by atoms with van der Waals surface area (Å²) in [4.78, 5) is 11.4.